The van der Waals surface area contributed by atoms with Crippen molar-refractivity contribution in [3.05, 3.63) is 24.3 Å². The normalized spacial score (nSPS) is 12.1. The molecule has 0 aliphatic heterocycles. The molecule has 182 valence electrons. The van der Waals surface area contributed by atoms with Crippen molar-refractivity contribution in [2.45, 2.75) is 57.9 Å². The zero-order valence-electron chi connectivity index (χ0n) is 20.2. The third-order valence-corrected chi connectivity index (χ3v) is 4.74. The van der Waals surface area contributed by atoms with E-state index in [-0.39, 0.29) is 12.5 Å². The third-order valence-electron chi connectivity index (χ3n) is 4.74. The van der Waals surface area contributed by atoms with E-state index in [1.165, 1.54) is 19.3 Å². The molecule has 8 nitrogen and oxygen atoms in total. The van der Waals surface area contributed by atoms with Gasteiger partial charge in [0.1, 0.15) is 0 Å². The molecule has 0 bridgehead atoms. The van der Waals surface area contributed by atoms with E-state index >= 15 is 0 Å². The molecule has 0 radical (unpaired) electrons. The lowest BCUT2D eigenvalue weighted by Gasteiger charge is -2.30. The Morgan fingerprint density at radius 1 is 0.969 bits per heavy atom. The van der Waals surface area contributed by atoms with Crippen LogP contribution >= 0.6 is 0 Å². The molecule has 0 fully saturated rings. The van der Waals surface area contributed by atoms with Gasteiger partial charge in [0.05, 0.1) is 46.9 Å². The van der Waals surface area contributed by atoms with Crippen molar-refractivity contribution >= 4 is 12.0 Å². The number of ether oxygens (including phenoxy) is 2. The fraction of sp³-hybridized carbons (Fsp3) is 0.667. The van der Waals surface area contributed by atoms with Gasteiger partial charge in [0.2, 0.25) is 0 Å². The summed E-state index contributed by atoms with van der Waals surface area (Å²) in [5, 5.41) is 16.4. The Morgan fingerprint density at radius 2 is 1.56 bits per heavy atom. The van der Waals surface area contributed by atoms with Crippen LogP contribution in [0.15, 0.2) is 24.3 Å². The van der Waals surface area contributed by atoms with Crippen molar-refractivity contribution < 1.29 is 28.7 Å². The molecule has 1 unspecified atom stereocenters. The Balaban J connectivity index is 2.27. The largest absolute Gasteiger partial charge is 0.550 e. The number of para-hydroxylation sites is 2. The first-order chi connectivity index (χ1) is 15.2. The SMILES string of the molecule is CCCCCCOc1ccccc1OCCCCNC(=O)NC(CC(=O)[O-])C[N+](C)(C)C. The molecular formula is C24H41N3O5. The smallest absolute Gasteiger partial charge is 0.315 e. The van der Waals surface area contributed by atoms with Crippen LogP contribution in [0.5, 0.6) is 11.5 Å². The lowest BCUT2D eigenvalue weighted by Crippen LogP contribution is -2.53. The number of carbonyl (C=O) groups is 2. The van der Waals surface area contributed by atoms with Gasteiger partial charge in [-0.1, -0.05) is 38.3 Å². The maximum Gasteiger partial charge on any atom is 0.315 e. The van der Waals surface area contributed by atoms with E-state index < -0.39 is 12.0 Å². The number of benzene rings is 1. The van der Waals surface area contributed by atoms with Gasteiger partial charge in [-0.3, -0.25) is 0 Å². The number of carbonyl (C=O) groups excluding carboxylic acids is 2. The maximum atomic E-state index is 12.1. The number of hydrogen-bond acceptors (Lipinski definition) is 5. The fourth-order valence-corrected chi connectivity index (χ4v) is 3.27. The summed E-state index contributed by atoms with van der Waals surface area (Å²) in [5.41, 5.74) is 0. The molecular weight excluding hydrogens is 410 g/mol. The van der Waals surface area contributed by atoms with Gasteiger partial charge in [0, 0.05) is 18.9 Å². The fourth-order valence-electron chi connectivity index (χ4n) is 3.27. The molecule has 0 heterocycles. The van der Waals surface area contributed by atoms with Crippen molar-refractivity contribution in [1.82, 2.24) is 10.6 Å². The van der Waals surface area contributed by atoms with Crippen molar-refractivity contribution in [1.29, 1.82) is 0 Å². The van der Waals surface area contributed by atoms with Crippen LogP contribution in [0.25, 0.3) is 0 Å². The summed E-state index contributed by atoms with van der Waals surface area (Å²) in [6.07, 6.45) is 5.93. The highest BCUT2D eigenvalue weighted by Gasteiger charge is 2.20. The van der Waals surface area contributed by atoms with Crippen LogP contribution in [0, 0.1) is 0 Å². The minimum Gasteiger partial charge on any atom is -0.550 e. The highest BCUT2D eigenvalue weighted by Crippen LogP contribution is 2.26. The Bertz CT molecular complexity index is 676. The number of nitrogens with zero attached hydrogens (tertiary/aromatic N) is 1. The second-order valence-corrected chi connectivity index (χ2v) is 9.06. The molecule has 1 atom stereocenters. The van der Waals surface area contributed by atoms with E-state index in [4.69, 9.17) is 9.47 Å². The topological polar surface area (TPSA) is 99.7 Å². The number of unbranched alkanes of at least 4 members (excludes halogenated alkanes) is 4. The number of amides is 2. The van der Waals surface area contributed by atoms with Crippen LogP contribution in [0.1, 0.15) is 51.9 Å². The Morgan fingerprint density at radius 3 is 2.09 bits per heavy atom. The molecule has 32 heavy (non-hydrogen) atoms. The van der Waals surface area contributed by atoms with E-state index in [0.29, 0.717) is 30.8 Å². The highest BCUT2D eigenvalue weighted by molar-refractivity contribution is 5.75. The standard InChI is InChI=1S/C24H41N3O5/c1-5-6-7-11-16-31-21-13-8-9-14-22(21)32-17-12-10-15-25-24(30)26-20(18-23(28)29)19-27(2,3)4/h8-9,13-14,20H,5-7,10-12,15-19H2,1-4H3,(H2-,25,26,28,29,30). The second kappa shape index (κ2) is 15.3. The number of aliphatic carboxylic acids is 1. The van der Waals surface area contributed by atoms with E-state index in [1.54, 1.807) is 0 Å². The summed E-state index contributed by atoms with van der Waals surface area (Å²) in [7, 11) is 5.83. The van der Waals surface area contributed by atoms with Crippen LogP contribution in [0.3, 0.4) is 0 Å². The molecule has 1 aromatic rings. The number of quaternary nitrogens is 1. The van der Waals surface area contributed by atoms with Crippen molar-refractivity contribution in [3.63, 3.8) is 0 Å². The van der Waals surface area contributed by atoms with Gasteiger partial charge in [0.15, 0.2) is 11.5 Å². The first-order valence-corrected chi connectivity index (χ1v) is 11.6. The number of carboxylic acid groups (broad SMARTS) is 1. The zero-order valence-corrected chi connectivity index (χ0v) is 20.2. The number of carboxylic acids is 1. The van der Waals surface area contributed by atoms with Crippen molar-refractivity contribution in [2.24, 2.45) is 0 Å². The van der Waals surface area contributed by atoms with Crippen LogP contribution < -0.4 is 25.2 Å². The van der Waals surface area contributed by atoms with Crippen LogP contribution in [-0.4, -0.2) is 70.0 Å². The van der Waals surface area contributed by atoms with E-state index in [0.717, 1.165) is 30.8 Å². The van der Waals surface area contributed by atoms with Gasteiger partial charge in [0.25, 0.3) is 0 Å². The molecule has 2 N–H and O–H groups in total. The molecule has 0 aromatic heterocycles. The average molecular weight is 452 g/mol. The summed E-state index contributed by atoms with van der Waals surface area (Å²) in [4.78, 5) is 23.0. The van der Waals surface area contributed by atoms with Gasteiger partial charge in [-0.2, -0.15) is 0 Å². The molecule has 1 rings (SSSR count). The average Bonchev–Trinajstić information content (AvgIpc) is 2.69. The molecule has 0 aliphatic rings. The lowest BCUT2D eigenvalue weighted by molar-refractivity contribution is -0.871. The van der Waals surface area contributed by atoms with Gasteiger partial charge in [-0.25, -0.2) is 4.79 Å². The monoisotopic (exact) mass is 451 g/mol. The number of hydrogen-bond donors (Lipinski definition) is 2. The minimum absolute atomic E-state index is 0.211. The van der Waals surface area contributed by atoms with Gasteiger partial charge in [-0.15, -0.1) is 0 Å². The summed E-state index contributed by atoms with van der Waals surface area (Å²) >= 11 is 0. The van der Waals surface area contributed by atoms with Crippen LogP contribution in [0.2, 0.25) is 0 Å². The van der Waals surface area contributed by atoms with Crippen LogP contribution in [-0.2, 0) is 4.79 Å². The molecule has 0 spiro atoms. The Labute approximate surface area is 192 Å². The number of rotatable bonds is 17. The van der Waals surface area contributed by atoms with E-state index in [1.807, 2.05) is 45.4 Å². The summed E-state index contributed by atoms with van der Waals surface area (Å²) < 4.78 is 12.3. The summed E-state index contributed by atoms with van der Waals surface area (Å²) in [6.45, 7) is 4.37. The predicted molar refractivity (Wildman–Crippen MR) is 124 cm³/mol. The summed E-state index contributed by atoms with van der Waals surface area (Å²) in [6, 6.07) is 6.82. The van der Waals surface area contributed by atoms with E-state index in [9.17, 15) is 14.7 Å². The molecule has 0 saturated carbocycles. The molecule has 0 saturated heterocycles. The van der Waals surface area contributed by atoms with Crippen LogP contribution in [0.4, 0.5) is 4.79 Å². The molecule has 1 aromatic carbocycles. The Kier molecular flexibility index (Phi) is 13.2. The van der Waals surface area contributed by atoms with Gasteiger partial charge < -0.3 is 34.5 Å². The molecule has 8 heteroatoms. The molecule has 0 aliphatic carbocycles. The quantitative estimate of drug-likeness (QED) is 0.280. The first-order valence-electron chi connectivity index (χ1n) is 11.6. The van der Waals surface area contributed by atoms with E-state index in [2.05, 4.69) is 17.6 Å². The van der Waals surface area contributed by atoms with Crippen molar-refractivity contribution in [3.8, 4) is 11.5 Å². The number of nitrogens with one attached hydrogen (secondary N) is 2. The number of likely N-dealkylation sites (N-methyl/N-ethyl adjacent to an activating group) is 1. The lowest BCUT2D eigenvalue weighted by atomic mass is 10.2. The minimum atomic E-state index is -1.17. The van der Waals surface area contributed by atoms with Gasteiger partial charge >= 0.3 is 6.03 Å². The zero-order chi connectivity index (χ0) is 23.8. The third kappa shape index (κ3) is 13.7. The summed E-state index contributed by atoms with van der Waals surface area (Å²) in [5.74, 6) is 0.322. The first kappa shape index (κ1) is 27.6. The van der Waals surface area contributed by atoms with Crippen molar-refractivity contribution in [2.75, 3.05) is 47.4 Å². The van der Waals surface area contributed by atoms with Gasteiger partial charge in [-0.05, 0) is 31.4 Å². The predicted octanol–water partition coefficient (Wildman–Crippen LogP) is 2.32. The molecule has 2 amide bonds. The Hall–Kier alpha value is -2.48. The maximum absolute atomic E-state index is 12.1. The number of urea groups is 1. The second-order valence-electron chi connectivity index (χ2n) is 9.06. The highest BCUT2D eigenvalue weighted by atomic mass is 16.5.